The van der Waals surface area contributed by atoms with Gasteiger partial charge in [-0.15, -0.1) is 0 Å². The standard InChI is InChI=1S/C23H30N2O3/c1-17(2)28-21-13-11-19(15-22(21)27-5)12-14-23(26)24-16-18(3)25(4)20-9-7-6-8-10-20/h6-15,17-18H,16H2,1-5H3,(H,24,26)/b14-12+. The molecule has 2 aromatic rings. The van der Waals surface area contributed by atoms with Gasteiger partial charge in [0.15, 0.2) is 11.5 Å². The molecule has 2 aromatic carbocycles. The summed E-state index contributed by atoms with van der Waals surface area (Å²) in [6.07, 6.45) is 3.37. The summed E-state index contributed by atoms with van der Waals surface area (Å²) >= 11 is 0. The van der Waals surface area contributed by atoms with Crippen LogP contribution in [0.3, 0.4) is 0 Å². The van der Waals surface area contributed by atoms with Crippen LogP contribution in [0.15, 0.2) is 54.6 Å². The average Bonchev–Trinajstić information content (AvgIpc) is 2.70. The molecule has 28 heavy (non-hydrogen) atoms. The molecule has 0 bridgehead atoms. The van der Waals surface area contributed by atoms with Gasteiger partial charge in [0.05, 0.1) is 13.2 Å². The topological polar surface area (TPSA) is 50.8 Å². The van der Waals surface area contributed by atoms with E-state index in [4.69, 9.17) is 9.47 Å². The predicted molar refractivity (Wildman–Crippen MR) is 115 cm³/mol. The maximum absolute atomic E-state index is 12.2. The highest BCUT2D eigenvalue weighted by Crippen LogP contribution is 2.29. The highest BCUT2D eigenvalue weighted by atomic mass is 16.5. The van der Waals surface area contributed by atoms with E-state index in [1.54, 1.807) is 13.2 Å². The van der Waals surface area contributed by atoms with Gasteiger partial charge in [-0.05, 0) is 56.7 Å². The van der Waals surface area contributed by atoms with Crippen LogP contribution < -0.4 is 19.7 Å². The number of hydrogen-bond donors (Lipinski definition) is 1. The van der Waals surface area contributed by atoms with E-state index in [2.05, 4.69) is 29.3 Å². The van der Waals surface area contributed by atoms with Gasteiger partial charge < -0.3 is 19.7 Å². The minimum atomic E-state index is -0.130. The lowest BCUT2D eigenvalue weighted by atomic mass is 10.2. The first-order valence-corrected chi connectivity index (χ1v) is 9.49. The summed E-state index contributed by atoms with van der Waals surface area (Å²) in [6, 6.07) is 15.9. The van der Waals surface area contributed by atoms with E-state index in [-0.39, 0.29) is 18.1 Å². The summed E-state index contributed by atoms with van der Waals surface area (Å²) in [6.45, 7) is 6.57. The Morgan fingerprint density at radius 2 is 1.82 bits per heavy atom. The Balaban J connectivity index is 1.91. The summed E-state index contributed by atoms with van der Waals surface area (Å²) in [4.78, 5) is 14.3. The fourth-order valence-electron chi connectivity index (χ4n) is 2.67. The lowest BCUT2D eigenvalue weighted by Crippen LogP contribution is -2.39. The second-order valence-corrected chi connectivity index (χ2v) is 6.95. The van der Waals surface area contributed by atoms with Gasteiger partial charge in [-0.25, -0.2) is 0 Å². The Kier molecular flexibility index (Phi) is 7.93. The van der Waals surface area contributed by atoms with Crippen molar-refractivity contribution in [3.63, 3.8) is 0 Å². The van der Waals surface area contributed by atoms with Crippen LogP contribution >= 0.6 is 0 Å². The van der Waals surface area contributed by atoms with Crippen molar-refractivity contribution in [2.45, 2.75) is 32.9 Å². The number of carbonyl (C=O) groups is 1. The second kappa shape index (κ2) is 10.4. The molecule has 1 atom stereocenters. The largest absolute Gasteiger partial charge is 0.493 e. The molecule has 0 saturated heterocycles. The van der Waals surface area contributed by atoms with Gasteiger partial charge in [-0.3, -0.25) is 4.79 Å². The van der Waals surface area contributed by atoms with Crippen molar-refractivity contribution in [3.05, 3.63) is 60.2 Å². The third kappa shape index (κ3) is 6.34. The molecule has 2 rings (SSSR count). The third-order valence-corrected chi connectivity index (χ3v) is 4.37. The van der Waals surface area contributed by atoms with Crippen LogP contribution in [-0.2, 0) is 4.79 Å². The lowest BCUT2D eigenvalue weighted by molar-refractivity contribution is -0.116. The Hall–Kier alpha value is -2.95. The van der Waals surface area contributed by atoms with Crippen molar-refractivity contribution in [2.24, 2.45) is 0 Å². The molecule has 1 N–H and O–H groups in total. The maximum Gasteiger partial charge on any atom is 0.244 e. The molecular formula is C23H30N2O3. The van der Waals surface area contributed by atoms with Crippen molar-refractivity contribution < 1.29 is 14.3 Å². The normalized spacial score (nSPS) is 12.1. The smallest absolute Gasteiger partial charge is 0.244 e. The molecule has 1 unspecified atom stereocenters. The molecule has 5 nitrogen and oxygen atoms in total. The first kappa shape index (κ1) is 21.4. The van der Waals surface area contributed by atoms with Crippen molar-refractivity contribution in [3.8, 4) is 11.5 Å². The van der Waals surface area contributed by atoms with Gasteiger partial charge in [0, 0.05) is 31.4 Å². The van der Waals surface area contributed by atoms with E-state index in [1.807, 2.05) is 57.3 Å². The molecule has 1 amide bonds. The highest BCUT2D eigenvalue weighted by molar-refractivity contribution is 5.91. The van der Waals surface area contributed by atoms with Gasteiger partial charge in [-0.1, -0.05) is 24.3 Å². The molecule has 0 radical (unpaired) electrons. The summed E-state index contributed by atoms with van der Waals surface area (Å²) in [5, 5.41) is 2.95. The number of para-hydroxylation sites is 1. The number of benzene rings is 2. The quantitative estimate of drug-likeness (QED) is 0.663. The monoisotopic (exact) mass is 382 g/mol. The van der Waals surface area contributed by atoms with Crippen LogP contribution in [0, 0.1) is 0 Å². The molecule has 0 fully saturated rings. The van der Waals surface area contributed by atoms with E-state index < -0.39 is 0 Å². The Morgan fingerprint density at radius 1 is 1.11 bits per heavy atom. The molecular weight excluding hydrogens is 352 g/mol. The van der Waals surface area contributed by atoms with Gasteiger partial charge in [0.1, 0.15) is 0 Å². The van der Waals surface area contributed by atoms with Gasteiger partial charge in [0.2, 0.25) is 5.91 Å². The molecule has 0 heterocycles. The minimum absolute atomic E-state index is 0.0667. The average molecular weight is 383 g/mol. The number of anilines is 1. The van der Waals surface area contributed by atoms with Crippen LogP contribution in [0.5, 0.6) is 11.5 Å². The van der Waals surface area contributed by atoms with Crippen LogP contribution in [-0.4, -0.2) is 38.8 Å². The minimum Gasteiger partial charge on any atom is -0.493 e. The zero-order valence-corrected chi connectivity index (χ0v) is 17.3. The van der Waals surface area contributed by atoms with Crippen molar-refractivity contribution >= 4 is 17.7 Å². The highest BCUT2D eigenvalue weighted by Gasteiger charge is 2.10. The Bertz CT molecular complexity index is 788. The number of carbonyl (C=O) groups excluding carboxylic acids is 1. The number of ether oxygens (including phenoxy) is 2. The van der Waals surface area contributed by atoms with Gasteiger partial charge >= 0.3 is 0 Å². The third-order valence-electron chi connectivity index (χ3n) is 4.37. The Labute approximate surface area is 168 Å². The number of methoxy groups -OCH3 is 1. The zero-order chi connectivity index (χ0) is 20.5. The van der Waals surface area contributed by atoms with Crippen LogP contribution in [0.1, 0.15) is 26.3 Å². The van der Waals surface area contributed by atoms with E-state index in [0.717, 1.165) is 11.3 Å². The summed E-state index contributed by atoms with van der Waals surface area (Å²) in [5.74, 6) is 1.21. The van der Waals surface area contributed by atoms with E-state index in [0.29, 0.717) is 18.0 Å². The van der Waals surface area contributed by atoms with E-state index in [1.165, 1.54) is 6.08 Å². The van der Waals surface area contributed by atoms with Crippen LogP contribution in [0.4, 0.5) is 5.69 Å². The summed E-state index contributed by atoms with van der Waals surface area (Å²) in [5.41, 5.74) is 1.99. The molecule has 150 valence electrons. The summed E-state index contributed by atoms with van der Waals surface area (Å²) in [7, 11) is 3.63. The van der Waals surface area contributed by atoms with Gasteiger partial charge in [0.25, 0.3) is 0 Å². The maximum atomic E-state index is 12.2. The lowest BCUT2D eigenvalue weighted by Gasteiger charge is -2.27. The number of likely N-dealkylation sites (N-methyl/N-ethyl adjacent to an activating group) is 1. The SMILES string of the molecule is COc1cc(/C=C/C(=O)NCC(C)N(C)c2ccccc2)ccc1OC(C)C. The first-order valence-electron chi connectivity index (χ1n) is 9.49. The summed E-state index contributed by atoms with van der Waals surface area (Å²) < 4.78 is 11.1. The Morgan fingerprint density at radius 3 is 2.46 bits per heavy atom. The van der Waals surface area contributed by atoms with E-state index >= 15 is 0 Å². The molecule has 0 saturated carbocycles. The van der Waals surface area contributed by atoms with Gasteiger partial charge in [-0.2, -0.15) is 0 Å². The fourth-order valence-corrected chi connectivity index (χ4v) is 2.67. The number of nitrogens with zero attached hydrogens (tertiary/aromatic N) is 1. The molecule has 0 aliphatic heterocycles. The van der Waals surface area contributed by atoms with E-state index in [9.17, 15) is 4.79 Å². The van der Waals surface area contributed by atoms with Crippen molar-refractivity contribution in [2.75, 3.05) is 25.6 Å². The van der Waals surface area contributed by atoms with Crippen LogP contribution in [0.25, 0.3) is 6.08 Å². The second-order valence-electron chi connectivity index (χ2n) is 6.95. The first-order chi connectivity index (χ1) is 13.4. The number of hydrogen-bond acceptors (Lipinski definition) is 4. The van der Waals surface area contributed by atoms with Crippen LogP contribution in [0.2, 0.25) is 0 Å². The molecule has 5 heteroatoms. The number of nitrogens with one attached hydrogen (secondary N) is 1. The molecule has 0 aliphatic rings. The zero-order valence-electron chi connectivity index (χ0n) is 17.3. The number of rotatable bonds is 9. The molecule has 0 spiro atoms. The number of amides is 1. The predicted octanol–water partition coefficient (Wildman–Crippen LogP) is 4.14. The van der Waals surface area contributed by atoms with Crippen molar-refractivity contribution in [1.29, 1.82) is 0 Å². The fraction of sp³-hybridized carbons (Fsp3) is 0.348. The van der Waals surface area contributed by atoms with Crippen molar-refractivity contribution in [1.82, 2.24) is 5.32 Å². The molecule has 0 aliphatic carbocycles. The molecule has 0 aromatic heterocycles.